The topological polar surface area (TPSA) is 33.1 Å². The van der Waals surface area contributed by atoms with Gasteiger partial charge in [-0.05, 0) is 32.6 Å². The third-order valence-corrected chi connectivity index (χ3v) is 4.25. The minimum atomic E-state index is 0.499. The van der Waals surface area contributed by atoms with Crippen LogP contribution in [0.25, 0.3) is 0 Å². The molecule has 1 heterocycles. The summed E-state index contributed by atoms with van der Waals surface area (Å²) in [5.74, 6) is 2.14. The number of nitrogens with zero attached hydrogens (tertiary/aromatic N) is 3. The van der Waals surface area contributed by atoms with Crippen molar-refractivity contribution in [1.82, 2.24) is 15.1 Å². The van der Waals surface area contributed by atoms with Crippen LogP contribution < -0.4 is 10.2 Å². The number of rotatable bonds is 6. The molecule has 1 aromatic rings. The van der Waals surface area contributed by atoms with Crippen LogP contribution >= 0.6 is 0 Å². The molecule has 0 amide bonds. The van der Waals surface area contributed by atoms with E-state index in [0.29, 0.717) is 12.1 Å². The van der Waals surface area contributed by atoms with Crippen LogP contribution in [0.3, 0.4) is 0 Å². The number of aromatic nitrogens is 2. The molecular weight excluding hydrogens is 236 g/mol. The lowest BCUT2D eigenvalue weighted by atomic mass is 10.1. The lowest BCUT2D eigenvalue weighted by Crippen LogP contribution is -2.33. The van der Waals surface area contributed by atoms with Gasteiger partial charge in [-0.1, -0.05) is 13.8 Å². The van der Waals surface area contributed by atoms with Crippen molar-refractivity contribution in [3.05, 3.63) is 11.3 Å². The van der Waals surface area contributed by atoms with E-state index in [0.717, 1.165) is 18.2 Å². The van der Waals surface area contributed by atoms with Crippen molar-refractivity contribution in [2.75, 3.05) is 11.9 Å². The van der Waals surface area contributed by atoms with Gasteiger partial charge in [0.25, 0.3) is 0 Å². The quantitative estimate of drug-likeness (QED) is 0.857. The summed E-state index contributed by atoms with van der Waals surface area (Å²) in [7, 11) is 4.26. The molecule has 4 heteroatoms. The first kappa shape index (κ1) is 14.4. The molecule has 1 atom stereocenters. The molecule has 2 rings (SSSR count). The number of hydrogen-bond donors (Lipinski definition) is 1. The molecule has 1 saturated carbocycles. The summed E-state index contributed by atoms with van der Waals surface area (Å²) >= 11 is 0. The Bertz CT molecular complexity index is 432. The first-order chi connectivity index (χ1) is 8.91. The average molecular weight is 264 g/mol. The van der Waals surface area contributed by atoms with E-state index in [2.05, 4.69) is 57.1 Å². The highest BCUT2D eigenvalue weighted by Crippen LogP contribution is 2.37. The van der Waals surface area contributed by atoms with Crippen molar-refractivity contribution in [1.29, 1.82) is 0 Å². The van der Waals surface area contributed by atoms with E-state index in [9.17, 15) is 0 Å². The van der Waals surface area contributed by atoms with Gasteiger partial charge in [0.15, 0.2) is 0 Å². The van der Waals surface area contributed by atoms with Crippen LogP contribution in [0.5, 0.6) is 0 Å². The summed E-state index contributed by atoms with van der Waals surface area (Å²) in [4.78, 5) is 2.41. The zero-order chi connectivity index (χ0) is 14.2. The molecule has 1 aromatic heterocycles. The fourth-order valence-corrected chi connectivity index (χ4v) is 2.73. The van der Waals surface area contributed by atoms with Crippen molar-refractivity contribution in [3.8, 4) is 0 Å². The number of hydrogen-bond acceptors (Lipinski definition) is 3. The number of aryl methyl sites for hydroxylation is 2. The van der Waals surface area contributed by atoms with Gasteiger partial charge in [0.1, 0.15) is 5.82 Å². The Morgan fingerprint density at radius 2 is 2.00 bits per heavy atom. The van der Waals surface area contributed by atoms with Crippen molar-refractivity contribution >= 4 is 5.82 Å². The van der Waals surface area contributed by atoms with Gasteiger partial charge in [0.2, 0.25) is 0 Å². The molecule has 108 valence electrons. The second-order valence-corrected chi connectivity index (χ2v) is 6.24. The lowest BCUT2D eigenvalue weighted by Gasteiger charge is -2.28. The predicted octanol–water partition coefficient (Wildman–Crippen LogP) is 2.46. The second kappa shape index (κ2) is 5.53. The van der Waals surface area contributed by atoms with E-state index < -0.39 is 0 Å². The molecule has 0 spiro atoms. The summed E-state index contributed by atoms with van der Waals surface area (Å²) in [6, 6.07) is 1.10. The first-order valence-electron chi connectivity index (χ1n) is 7.40. The Balaban J connectivity index is 2.21. The Hall–Kier alpha value is -1.03. The maximum atomic E-state index is 4.61. The van der Waals surface area contributed by atoms with Gasteiger partial charge in [-0.25, -0.2) is 0 Å². The summed E-state index contributed by atoms with van der Waals surface area (Å²) in [5, 5.41) is 8.12. The van der Waals surface area contributed by atoms with E-state index >= 15 is 0 Å². The van der Waals surface area contributed by atoms with Gasteiger partial charge in [0, 0.05) is 38.3 Å². The van der Waals surface area contributed by atoms with Crippen LogP contribution in [0.15, 0.2) is 0 Å². The second-order valence-electron chi connectivity index (χ2n) is 6.24. The summed E-state index contributed by atoms with van der Waals surface area (Å²) < 4.78 is 2.03. The molecule has 1 unspecified atom stereocenters. The Kier molecular flexibility index (Phi) is 4.19. The molecule has 1 aliphatic carbocycles. The molecule has 0 radical (unpaired) electrons. The van der Waals surface area contributed by atoms with Crippen molar-refractivity contribution in [2.24, 2.45) is 13.0 Å². The Morgan fingerprint density at radius 3 is 2.53 bits per heavy atom. The Morgan fingerprint density at radius 1 is 1.37 bits per heavy atom. The van der Waals surface area contributed by atoms with Crippen LogP contribution in [0, 0.1) is 12.8 Å². The lowest BCUT2D eigenvalue weighted by molar-refractivity contribution is 0.570. The predicted molar refractivity (Wildman–Crippen MR) is 80.5 cm³/mol. The van der Waals surface area contributed by atoms with Gasteiger partial charge < -0.3 is 10.2 Å². The normalized spacial score (nSPS) is 17.0. The minimum absolute atomic E-state index is 0.499. The van der Waals surface area contributed by atoms with Gasteiger partial charge in [-0.15, -0.1) is 0 Å². The standard InChI is InChI=1S/C15H28N4/c1-10(2)16-9-14-11(3)17-19(6)15(14)18(5)12(4)13-7-8-13/h10,12-13,16H,7-9H2,1-6H3. The Labute approximate surface area is 117 Å². The van der Waals surface area contributed by atoms with Crippen molar-refractivity contribution in [3.63, 3.8) is 0 Å². The molecule has 1 aliphatic rings. The molecule has 19 heavy (non-hydrogen) atoms. The largest absolute Gasteiger partial charge is 0.357 e. The molecule has 0 aliphatic heterocycles. The van der Waals surface area contributed by atoms with Gasteiger partial charge in [0.05, 0.1) is 5.69 Å². The number of nitrogens with one attached hydrogen (secondary N) is 1. The first-order valence-corrected chi connectivity index (χ1v) is 7.40. The maximum absolute atomic E-state index is 4.61. The van der Waals surface area contributed by atoms with Gasteiger partial charge >= 0.3 is 0 Å². The third-order valence-electron chi connectivity index (χ3n) is 4.25. The molecule has 1 fully saturated rings. The van der Waals surface area contributed by atoms with Crippen LogP contribution in [-0.2, 0) is 13.6 Å². The fourth-order valence-electron chi connectivity index (χ4n) is 2.73. The van der Waals surface area contributed by atoms with Gasteiger partial charge in [-0.3, -0.25) is 4.68 Å². The molecule has 1 N–H and O–H groups in total. The smallest absolute Gasteiger partial charge is 0.131 e. The van der Waals surface area contributed by atoms with Gasteiger partial charge in [-0.2, -0.15) is 5.10 Å². The van der Waals surface area contributed by atoms with Crippen molar-refractivity contribution < 1.29 is 0 Å². The highest BCUT2D eigenvalue weighted by Gasteiger charge is 2.32. The van der Waals surface area contributed by atoms with E-state index in [-0.39, 0.29) is 0 Å². The van der Waals surface area contributed by atoms with E-state index in [1.165, 1.54) is 24.2 Å². The van der Waals surface area contributed by atoms with E-state index in [1.807, 2.05) is 4.68 Å². The molecule has 0 saturated heterocycles. The summed E-state index contributed by atoms with van der Waals surface area (Å²) in [6.07, 6.45) is 2.75. The molecule has 0 aromatic carbocycles. The highest BCUT2D eigenvalue weighted by atomic mass is 15.4. The summed E-state index contributed by atoms with van der Waals surface area (Å²) in [5.41, 5.74) is 2.48. The van der Waals surface area contributed by atoms with Crippen LogP contribution in [0.2, 0.25) is 0 Å². The van der Waals surface area contributed by atoms with E-state index in [1.54, 1.807) is 0 Å². The minimum Gasteiger partial charge on any atom is -0.357 e. The SMILES string of the molecule is Cc1nn(C)c(N(C)C(C)C2CC2)c1CNC(C)C. The summed E-state index contributed by atoms with van der Waals surface area (Å²) in [6.45, 7) is 9.70. The zero-order valence-corrected chi connectivity index (χ0v) is 13.2. The third kappa shape index (κ3) is 3.11. The van der Waals surface area contributed by atoms with Crippen molar-refractivity contribution in [2.45, 2.75) is 59.2 Å². The monoisotopic (exact) mass is 264 g/mol. The van der Waals surface area contributed by atoms with Crippen LogP contribution in [0.4, 0.5) is 5.82 Å². The van der Waals surface area contributed by atoms with Crippen LogP contribution in [-0.4, -0.2) is 28.9 Å². The zero-order valence-electron chi connectivity index (χ0n) is 13.2. The maximum Gasteiger partial charge on any atom is 0.131 e. The molecule has 0 bridgehead atoms. The average Bonchev–Trinajstić information content (AvgIpc) is 3.12. The van der Waals surface area contributed by atoms with Crippen LogP contribution in [0.1, 0.15) is 44.9 Å². The molecular formula is C15H28N4. The van der Waals surface area contributed by atoms with E-state index in [4.69, 9.17) is 0 Å². The highest BCUT2D eigenvalue weighted by molar-refractivity contribution is 5.50. The fraction of sp³-hybridized carbons (Fsp3) is 0.800. The molecule has 4 nitrogen and oxygen atoms in total. The number of anilines is 1.